The number of hydrogen-bond donors (Lipinski definition) is 2. The standard InChI is InChI=1S/C15H16F3N5O/c16-15(17,18)12-9-23-8-10(3-4-13(23)22-12)6-20-14(24)21-11-2-1-5-19-7-11/h1-2,5,7,9-10H,3-4,6,8H2,(H2,20,21,24)/t10-/m1/s1. The van der Waals surface area contributed by atoms with Crippen LogP contribution in [0.5, 0.6) is 0 Å². The topological polar surface area (TPSA) is 71.8 Å². The van der Waals surface area contributed by atoms with Gasteiger partial charge in [0, 0.05) is 31.9 Å². The minimum Gasteiger partial charge on any atom is -0.338 e. The van der Waals surface area contributed by atoms with Gasteiger partial charge in [-0.05, 0) is 24.5 Å². The number of amides is 2. The summed E-state index contributed by atoms with van der Waals surface area (Å²) in [6.45, 7) is 0.788. The molecular formula is C15H16F3N5O. The van der Waals surface area contributed by atoms with Gasteiger partial charge in [-0.3, -0.25) is 4.98 Å². The second-order valence-electron chi connectivity index (χ2n) is 5.67. The van der Waals surface area contributed by atoms with Gasteiger partial charge in [0.15, 0.2) is 5.69 Å². The summed E-state index contributed by atoms with van der Waals surface area (Å²) in [7, 11) is 0. The van der Waals surface area contributed by atoms with Gasteiger partial charge in [0.25, 0.3) is 0 Å². The number of anilines is 1. The van der Waals surface area contributed by atoms with E-state index in [-0.39, 0.29) is 11.9 Å². The number of carbonyl (C=O) groups is 1. The highest BCUT2D eigenvalue weighted by Crippen LogP contribution is 2.30. The summed E-state index contributed by atoms with van der Waals surface area (Å²) in [6, 6.07) is 3.05. The molecule has 2 aromatic rings. The first kappa shape index (κ1) is 16.3. The van der Waals surface area contributed by atoms with E-state index in [9.17, 15) is 18.0 Å². The number of alkyl halides is 3. The number of carbonyl (C=O) groups excluding carboxylic acids is 1. The molecule has 6 nitrogen and oxygen atoms in total. The third-order valence-corrected chi connectivity index (χ3v) is 3.85. The van der Waals surface area contributed by atoms with Crippen LogP contribution >= 0.6 is 0 Å². The molecule has 1 aliphatic heterocycles. The third kappa shape index (κ3) is 3.84. The van der Waals surface area contributed by atoms with Crippen molar-refractivity contribution in [3.63, 3.8) is 0 Å². The maximum atomic E-state index is 12.7. The van der Waals surface area contributed by atoms with Crippen LogP contribution < -0.4 is 10.6 Å². The smallest absolute Gasteiger partial charge is 0.338 e. The number of nitrogens with one attached hydrogen (secondary N) is 2. The number of aromatic nitrogens is 3. The average Bonchev–Trinajstić information content (AvgIpc) is 2.97. The molecule has 1 aliphatic rings. The van der Waals surface area contributed by atoms with Crippen LogP contribution in [-0.2, 0) is 19.1 Å². The zero-order valence-corrected chi connectivity index (χ0v) is 12.7. The van der Waals surface area contributed by atoms with E-state index in [1.807, 2.05) is 0 Å². The lowest BCUT2D eigenvalue weighted by atomic mass is 9.99. The van der Waals surface area contributed by atoms with Crippen molar-refractivity contribution >= 4 is 11.7 Å². The molecule has 2 N–H and O–H groups in total. The molecule has 0 fully saturated rings. The Bertz CT molecular complexity index is 714. The molecule has 24 heavy (non-hydrogen) atoms. The predicted octanol–water partition coefficient (Wildman–Crippen LogP) is 2.68. The van der Waals surface area contributed by atoms with Gasteiger partial charge in [0.05, 0.1) is 11.9 Å². The number of urea groups is 1. The van der Waals surface area contributed by atoms with Crippen molar-refractivity contribution in [2.45, 2.75) is 25.6 Å². The number of rotatable bonds is 3. The first-order chi connectivity index (χ1) is 11.4. The summed E-state index contributed by atoms with van der Waals surface area (Å²) in [5.74, 6) is 0.505. The SMILES string of the molecule is O=C(NC[C@H]1CCc2nc(C(F)(F)F)cn2C1)Nc1cccnc1. The van der Waals surface area contributed by atoms with Crippen LogP contribution in [0.1, 0.15) is 17.9 Å². The minimum absolute atomic E-state index is 0.0624. The number of halogens is 3. The molecule has 0 aromatic carbocycles. The van der Waals surface area contributed by atoms with E-state index in [0.717, 1.165) is 6.20 Å². The van der Waals surface area contributed by atoms with Crippen molar-refractivity contribution in [1.82, 2.24) is 19.9 Å². The van der Waals surface area contributed by atoms with E-state index < -0.39 is 11.9 Å². The normalized spacial score (nSPS) is 17.2. The van der Waals surface area contributed by atoms with Gasteiger partial charge in [0.2, 0.25) is 0 Å². The number of nitrogens with zero attached hydrogens (tertiary/aromatic N) is 3. The Morgan fingerprint density at radius 3 is 2.96 bits per heavy atom. The van der Waals surface area contributed by atoms with E-state index in [4.69, 9.17) is 0 Å². The van der Waals surface area contributed by atoms with Crippen molar-refractivity contribution in [3.05, 3.63) is 42.2 Å². The van der Waals surface area contributed by atoms with Crippen LogP contribution in [0.4, 0.5) is 23.7 Å². The molecule has 0 spiro atoms. The van der Waals surface area contributed by atoms with Crippen molar-refractivity contribution in [2.75, 3.05) is 11.9 Å². The highest BCUT2D eigenvalue weighted by atomic mass is 19.4. The summed E-state index contributed by atoms with van der Waals surface area (Å²) in [5, 5.41) is 5.38. The summed E-state index contributed by atoms with van der Waals surface area (Å²) in [6.07, 6.45) is 0.882. The van der Waals surface area contributed by atoms with E-state index in [1.165, 1.54) is 10.8 Å². The van der Waals surface area contributed by atoms with Crippen molar-refractivity contribution in [3.8, 4) is 0 Å². The molecular weight excluding hydrogens is 323 g/mol. The lowest BCUT2D eigenvalue weighted by Gasteiger charge is -2.23. The Balaban J connectivity index is 1.53. The Labute approximate surface area is 136 Å². The summed E-state index contributed by atoms with van der Waals surface area (Å²) in [5.41, 5.74) is -0.286. The van der Waals surface area contributed by atoms with E-state index in [1.54, 1.807) is 18.3 Å². The fourth-order valence-corrected chi connectivity index (χ4v) is 2.67. The van der Waals surface area contributed by atoms with E-state index in [0.29, 0.717) is 37.4 Å². The Morgan fingerprint density at radius 1 is 1.42 bits per heavy atom. The van der Waals surface area contributed by atoms with E-state index >= 15 is 0 Å². The number of pyridine rings is 1. The fourth-order valence-electron chi connectivity index (χ4n) is 2.67. The van der Waals surface area contributed by atoms with E-state index in [2.05, 4.69) is 20.6 Å². The molecule has 0 saturated carbocycles. The van der Waals surface area contributed by atoms with Crippen LogP contribution in [0, 0.1) is 5.92 Å². The quantitative estimate of drug-likeness (QED) is 0.903. The molecule has 0 bridgehead atoms. The third-order valence-electron chi connectivity index (χ3n) is 3.85. The number of hydrogen-bond acceptors (Lipinski definition) is 3. The van der Waals surface area contributed by atoms with Crippen LogP contribution in [0.2, 0.25) is 0 Å². The molecule has 0 unspecified atom stereocenters. The largest absolute Gasteiger partial charge is 0.434 e. The monoisotopic (exact) mass is 339 g/mol. The zero-order valence-electron chi connectivity index (χ0n) is 12.7. The van der Waals surface area contributed by atoms with Crippen molar-refractivity contribution in [1.29, 1.82) is 0 Å². The second kappa shape index (κ2) is 6.50. The van der Waals surface area contributed by atoms with Gasteiger partial charge in [-0.1, -0.05) is 0 Å². The van der Waals surface area contributed by atoms with Gasteiger partial charge in [-0.2, -0.15) is 13.2 Å². The Hall–Kier alpha value is -2.58. The molecule has 9 heteroatoms. The van der Waals surface area contributed by atoms with Crippen molar-refractivity contribution in [2.24, 2.45) is 5.92 Å². The van der Waals surface area contributed by atoms with Crippen molar-refractivity contribution < 1.29 is 18.0 Å². The van der Waals surface area contributed by atoms with Gasteiger partial charge in [-0.15, -0.1) is 0 Å². The van der Waals surface area contributed by atoms with Gasteiger partial charge in [0.1, 0.15) is 5.82 Å². The lowest BCUT2D eigenvalue weighted by molar-refractivity contribution is -0.141. The van der Waals surface area contributed by atoms with Crippen LogP contribution in [0.3, 0.4) is 0 Å². The number of imidazole rings is 1. The second-order valence-corrected chi connectivity index (χ2v) is 5.67. The number of aryl methyl sites for hydroxylation is 1. The van der Waals surface area contributed by atoms with Gasteiger partial charge < -0.3 is 15.2 Å². The number of fused-ring (bicyclic) bond motifs is 1. The molecule has 2 amide bonds. The molecule has 0 radical (unpaired) electrons. The van der Waals surface area contributed by atoms with Crippen LogP contribution in [0.15, 0.2) is 30.7 Å². The van der Waals surface area contributed by atoms with Gasteiger partial charge in [-0.25, -0.2) is 9.78 Å². The summed E-state index contributed by atoms with van der Waals surface area (Å²) in [4.78, 5) is 19.3. The highest BCUT2D eigenvalue weighted by Gasteiger charge is 2.35. The molecule has 0 saturated heterocycles. The maximum Gasteiger partial charge on any atom is 0.434 e. The summed E-state index contributed by atoms with van der Waals surface area (Å²) < 4.78 is 39.6. The minimum atomic E-state index is -4.43. The Kier molecular flexibility index (Phi) is 4.41. The first-order valence-corrected chi connectivity index (χ1v) is 7.50. The molecule has 128 valence electrons. The predicted molar refractivity (Wildman–Crippen MR) is 80.3 cm³/mol. The molecule has 3 heterocycles. The molecule has 2 aromatic heterocycles. The zero-order chi connectivity index (χ0) is 17.2. The van der Waals surface area contributed by atoms with Crippen LogP contribution in [0.25, 0.3) is 0 Å². The molecule has 1 atom stereocenters. The highest BCUT2D eigenvalue weighted by molar-refractivity contribution is 5.88. The fraction of sp³-hybridized carbons (Fsp3) is 0.400. The van der Waals surface area contributed by atoms with Crippen LogP contribution in [-0.4, -0.2) is 27.1 Å². The summed E-state index contributed by atoms with van der Waals surface area (Å²) >= 11 is 0. The first-order valence-electron chi connectivity index (χ1n) is 7.50. The average molecular weight is 339 g/mol. The van der Waals surface area contributed by atoms with Gasteiger partial charge >= 0.3 is 12.2 Å². The Morgan fingerprint density at radius 2 is 2.25 bits per heavy atom. The maximum absolute atomic E-state index is 12.7. The molecule has 0 aliphatic carbocycles. The molecule has 3 rings (SSSR count). The lowest BCUT2D eigenvalue weighted by Crippen LogP contribution is -2.36.